The van der Waals surface area contributed by atoms with E-state index in [1.54, 1.807) is 6.07 Å². The number of phenols is 1. The van der Waals surface area contributed by atoms with Crippen LogP contribution in [0.2, 0.25) is 0 Å². The molecule has 0 aliphatic heterocycles. The molecule has 0 bridgehead atoms. The van der Waals surface area contributed by atoms with Crippen molar-refractivity contribution in [3.63, 3.8) is 0 Å². The van der Waals surface area contributed by atoms with Gasteiger partial charge >= 0.3 is 5.97 Å². The standard InChI is InChI=1S/C20H28O5/c1-4-6-14-10-16(25-12(2)3)17(19(22)18(14)20(23)24)15-8-5-7-13(9-15)11-21/h9-10,12,15,21-22H,4-8,11H2,1-3H3,(H,23,24). The number of hydrogen-bond acceptors (Lipinski definition) is 4. The molecule has 25 heavy (non-hydrogen) atoms. The Kier molecular flexibility index (Phi) is 6.48. The van der Waals surface area contributed by atoms with Crippen molar-refractivity contribution in [3.8, 4) is 11.5 Å². The molecule has 3 N–H and O–H groups in total. The van der Waals surface area contributed by atoms with Crippen molar-refractivity contribution in [1.29, 1.82) is 0 Å². The lowest BCUT2D eigenvalue weighted by Crippen LogP contribution is -2.14. The number of aromatic carboxylic acids is 1. The number of allylic oxidation sites excluding steroid dienone is 1. The van der Waals surface area contributed by atoms with E-state index in [4.69, 9.17) is 4.74 Å². The molecule has 1 aromatic rings. The van der Waals surface area contributed by atoms with Gasteiger partial charge < -0.3 is 20.1 Å². The molecule has 5 nitrogen and oxygen atoms in total. The Balaban J connectivity index is 2.66. The molecule has 0 saturated carbocycles. The second-order valence-electron chi connectivity index (χ2n) is 6.87. The molecule has 0 aromatic heterocycles. The molecule has 0 fully saturated rings. The summed E-state index contributed by atoms with van der Waals surface area (Å²) in [6.07, 6.45) is 5.69. The monoisotopic (exact) mass is 348 g/mol. The fourth-order valence-electron chi connectivity index (χ4n) is 3.49. The molecule has 1 atom stereocenters. The number of aryl methyl sites for hydroxylation is 1. The molecule has 0 radical (unpaired) electrons. The molecule has 5 heteroatoms. The van der Waals surface area contributed by atoms with Gasteiger partial charge in [-0.15, -0.1) is 0 Å². The van der Waals surface area contributed by atoms with Crippen molar-refractivity contribution in [2.24, 2.45) is 0 Å². The number of hydrogen-bond donors (Lipinski definition) is 3. The van der Waals surface area contributed by atoms with Gasteiger partial charge in [-0.05, 0) is 56.7 Å². The van der Waals surface area contributed by atoms with Crippen molar-refractivity contribution < 1.29 is 24.9 Å². The summed E-state index contributed by atoms with van der Waals surface area (Å²) in [5, 5.41) is 29.9. The van der Waals surface area contributed by atoms with E-state index in [1.807, 2.05) is 26.8 Å². The predicted molar refractivity (Wildman–Crippen MR) is 96.6 cm³/mol. The molecule has 1 unspecified atom stereocenters. The second-order valence-corrected chi connectivity index (χ2v) is 6.87. The Morgan fingerprint density at radius 2 is 2.12 bits per heavy atom. The summed E-state index contributed by atoms with van der Waals surface area (Å²) >= 11 is 0. The molecule has 0 amide bonds. The van der Waals surface area contributed by atoms with Gasteiger partial charge in [-0.3, -0.25) is 0 Å². The van der Waals surface area contributed by atoms with Crippen LogP contribution in [0.3, 0.4) is 0 Å². The zero-order chi connectivity index (χ0) is 18.6. The zero-order valence-electron chi connectivity index (χ0n) is 15.2. The van der Waals surface area contributed by atoms with E-state index < -0.39 is 5.97 Å². The van der Waals surface area contributed by atoms with Crippen LogP contribution in [0.25, 0.3) is 0 Å². The maximum absolute atomic E-state index is 11.8. The van der Waals surface area contributed by atoms with Gasteiger partial charge in [0.05, 0.1) is 12.7 Å². The lowest BCUT2D eigenvalue weighted by molar-refractivity contribution is 0.0692. The van der Waals surface area contributed by atoms with Crippen LogP contribution in [0.15, 0.2) is 17.7 Å². The largest absolute Gasteiger partial charge is 0.507 e. The van der Waals surface area contributed by atoms with Gasteiger partial charge in [-0.1, -0.05) is 19.4 Å². The Labute approximate surface area is 149 Å². The van der Waals surface area contributed by atoms with Gasteiger partial charge in [0, 0.05) is 11.5 Å². The minimum Gasteiger partial charge on any atom is -0.507 e. The van der Waals surface area contributed by atoms with Crippen LogP contribution in [0.4, 0.5) is 0 Å². The van der Waals surface area contributed by atoms with E-state index in [1.165, 1.54) is 0 Å². The number of carboxylic acid groups (broad SMARTS) is 1. The minimum atomic E-state index is -1.12. The number of carboxylic acids is 1. The third kappa shape index (κ3) is 4.34. The first kappa shape index (κ1) is 19.3. The number of carbonyl (C=O) groups is 1. The highest BCUT2D eigenvalue weighted by Gasteiger charge is 2.28. The van der Waals surface area contributed by atoms with Gasteiger partial charge in [-0.25, -0.2) is 4.79 Å². The number of aliphatic hydroxyl groups excluding tert-OH is 1. The second kappa shape index (κ2) is 8.39. The fourth-order valence-corrected chi connectivity index (χ4v) is 3.49. The summed E-state index contributed by atoms with van der Waals surface area (Å²) in [4.78, 5) is 11.8. The summed E-state index contributed by atoms with van der Waals surface area (Å²) in [6.45, 7) is 5.76. The van der Waals surface area contributed by atoms with E-state index in [-0.39, 0.29) is 29.9 Å². The Morgan fingerprint density at radius 3 is 2.68 bits per heavy atom. The maximum Gasteiger partial charge on any atom is 0.339 e. The van der Waals surface area contributed by atoms with Crippen LogP contribution >= 0.6 is 0 Å². The van der Waals surface area contributed by atoms with E-state index >= 15 is 0 Å². The lowest BCUT2D eigenvalue weighted by atomic mass is 9.83. The Bertz CT molecular complexity index is 661. The third-order valence-corrected chi connectivity index (χ3v) is 4.50. The molecule has 0 saturated heterocycles. The summed E-state index contributed by atoms with van der Waals surface area (Å²) < 4.78 is 5.93. The van der Waals surface area contributed by atoms with E-state index in [2.05, 4.69) is 0 Å². The highest BCUT2D eigenvalue weighted by molar-refractivity contribution is 5.94. The molecule has 138 valence electrons. The molecule has 2 rings (SSSR count). The number of ether oxygens (including phenoxy) is 1. The quantitative estimate of drug-likeness (QED) is 0.648. The molecule has 0 spiro atoms. The van der Waals surface area contributed by atoms with Gasteiger partial charge in [0.1, 0.15) is 17.1 Å². The first-order valence-corrected chi connectivity index (χ1v) is 8.98. The van der Waals surface area contributed by atoms with Gasteiger partial charge in [0.15, 0.2) is 0 Å². The maximum atomic E-state index is 11.8. The zero-order valence-corrected chi connectivity index (χ0v) is 15.2. The molecule has 1 aromatic carbocycles. The third-order valence-electron chi connectivity index (χ3n) is 4.50. The minimum absolute atomic E-state index is 0.0165. The molecular formula is C20H28O5. The Hall–Kier alpha value is -2.01. The highest BCUT2D eigenvalue weighted by Crippen LogP contribution is 2.44. The van der Waals surface area contributed by atoms with Crippen molar-refractivity contribution in [2.75, 3.05) is 6.61 Å². The fraction of sp³-hybridized carbons (Fsp3) is 0.550. The van der Waals surface area contributed by atoms with Crippen LogP contribution in [-0.2, 0) is 6.42 Å². The smallest absolute Gasteiger partial charge is 0.339 e. The molecule has 0 heterocycles. The van der Waals surface area contributed by atoms with Crippen molar-refractivity contribution in [2.45, 2.75) is 64.9 Å². The predicted octanol–water partition coefficient (Wildman–Crippen LogP) is 4.02. The molecular weight excluding hydrogens is 320 g/mol. The normalized spacial score (nSPS) is 17.5. The molecule has 1 aliphatic carbocycles. The number of rotatable bonds is 7. The first-order valence-electron chi connectivity index (χ1n) is 8.98. The molecule has 1 aliphatic rings. The van der Waals surface area contributed by atoms with Crippen LogP contribution in [0.5, 0.6) is 11.5 Å². The number of aromatic hydroxyl groups is 1. The first-order chi connectivity index (χ1) is 11.9. The SMILES string of the molecule is CCCc1cc(OC(C)C)c(C2C=C(CO)CCC2)c(O)c1C(=O)O. The topological polar surface area (TPSA) is 87.0 Å². The highest BCUT2D eigenvalue weighted by atomic mass is 16.5. The van der Waals surface area contributed by atoms with Crippen molar-refractivity contribution in [1.82, 2.24) is 0 Å². The number of benzene rings is 1. The van der Waals surface area contributed by atoms with E-state index in [0.717, 1.165) is 31.3 Å². The van der Waals surface area contributed by atoms with E-state index in [0.29, 0.717) is 23.3 Å². The van der Waals surface area contributed by atoms with Crippen molar-refractivity contribution >= 4 is 5.97 Å². The van der Waals surface area contributed by atoms with Crippen LogP contribution < -0.4 is 4.74 Å². The van der Waals surface area contributed by atoms with Crippen LogP contribution in [-0.4, -0.2) is 34.0 Å². The average Bonchev–Trinajstić information content (AvgIpc) is 2.54. The lowest BCUT2D eigenvalue weighted by Gasteiger charge is -2.26. The van der Waals surface area contributed by atoms with Gasteiger partial charge in [0.2, 0.25) is 0 Å². The van der Waals surface area contributed by atoms with Crippen molar-refractivity contribution in [3.05, 3.63) is 34.4 Å². The summed E-state index contributed by atoms with van der Waals surface area (Å²) in [6, 6.07) is 1.77. The average molecular weight is 348 g/mol. The van der Waals surface area contributed by atoms with Crippen LogP contribution in [0.1, 0.15) is 73.9 Å². The summed E-state index contributed by atoms with van der Waals surface area (Å²) in [7, 11) is 0. The summed E-state index contributed by atoms with van der Waals surface area (Å²) in [5.41, 5.74) is 2.00. The van der Waals surface area contributed by atoms with Crippen LogP contribution in [0, 0.1) is 0 Å². The number of aliphatic hydroxyl groups is 1. The van der Waals surface area contributed by atoms with Gasteiger partial charge in [-0.2, -0.15) is 0 Å². The summed E-state index contributed by atoms with van der Waals surface area (Å²) in [5.74, 6) is -0.935. The van der Waals surface area contributed by atoms with Gasteiger partial charge in [0.25, 0.3) is 0 Å². The Morgan fingerprint density at radius 1 is 1.40 bits per heavy atom. The van der Waals surface area contributed by atoms with E-state index in [9.17, 15) is 20.1 Å².